The number of amides is 2. The molecule has 2 aliphatic rings. The number of sulfonamides is 1. The van der Waals surface area contributed by atoms with Crippen LogP contribution in [0.4, 0.5) is 5.69 Å². The van der Waals surface area contributed by atoms with Crippen molar-refractivity contribution >= 4 is 27.5 Å². The van der Waals surface area contributed by atoms with Crippen LogP contribution < -0.4 is 15.0 Å². The van der Waals surface area contributed by atoms with Crippen LogP contribution in [0.15, 0.2) is 54.6 Å². The van der Waals surface area contributed by atoms with Crippen LogP contribution in [0.25, 0.3) is 0 Å². The number of nitrogens with one attached hydrogen (secondary N) is 1. The number of carbonyl (C=O) groups is 2. The molecule has 2 aromatic rings. The second-order valence-electron chi connectivity index (χ2n) is 9.19. The number of anilines is 1. The van der Waals surface area contributed by atoms with Crippen molar-refractivity contribution in [2.24, 2.45) is 5.92 Å². The van der Waals surface area contributed by atoms with Crippen LogP contribution in [-0.4, -0.2) is 88.1 Å². The minimum Gasteiger partial charge on any atom is -0.497 e. The van der Waals surface area contributed by atoms with E-state index < -0.39 is 15.9 Å². The third-order valence-corrected chi connectivity index (χ3v) is 8.70. The highest BCUT2D eigenvalue weighted by Crippen LogP contribution is 2.27. The highest BCUT2D eigenvalue weighted by atomic mass is 32.2. The van der Waals surface area contributed by atoms with E-state index in [1.165, 1.54) is 9.87 Å². The van der Waals surface area contributed by atoms with Crippen molar-refractivity contribution in [3.05, 3.63) is 60.2 Å². The molecule has 2 amide bonds. The van der Waals surface area contributed by atoms with Gasteiger partial charge in [-0.25, -0.2) is 8.42 Å². The molecule has 2 fully saturated rings. The number of hydrogen-bond acceptors (Lipinski definition) is 6. The van der Waals surface area contributed by atoms with Crippen molar-refractivity contribution in [3.8, 4) is 5.75 Å². The largest absolute Gasteiger partial charge is 0.497 e. The zero-order valence-corrected chi connectivity index (χ0v) is 21.5. The predicted molar refractivity (Wildman–Crippen MR) is 138 cm³/mol. The van der Waals surface area contributed by atoms with Crippen LogP contribution >= 0.6 is 0 Å². The third kappa shape index (κ3) is 6.63. The first-order chi connectivity index (χ1) is 17.4. The fourth-order valence-corrected chi connectivity index (χ4v) is 5.97. The summed E-state index contributed by atoms with van der Waals surface area (Å²) < 4.78 is 32.3. The van der Waals surface area contributed by atoms with Crippen LogP contribution in [0.1, 0.15) is 12.0 Å². The molecule has 0 aromatic heterocycles. The minimum atomic E-state index is -3.46. The van der Waals surface area contributed by atoms with E-state index in [0.29, 0.717) is 37.6 Å². The Hall–Kier alpha value is -2.95. The highest BCUT2D eigenvalue weighted by molar-refractivity contribution is 7.89. The molecule has 0 saturated carbocycles. The van der Waals surface area contributed by atoms with Gasteiger partial charge in [-0.2, -0.15) is 4.31 Å². The lowest BCUT2D eigenvalue weighted by atomic mass is 10.1. The summed E-state index contributed by atoms with van der Waals surface area (Å²) in [7, 11) is -1.89. The molecule has 9 nitrogen and oxygen atoms in total. The lowest BCUT2D eigenvalue weighted by molar-refractivity contribution is -0.126. The molecule has 0 radical (unpaired) electrons. The number of benzene rings is 2. The van der Waals surface area contributed by atoms with Gasteiger partial charge >= 0.3 is 0 Å². The van der Waals surface area contributed by atoms with Crippen molar-refractivity contribution in [1.82, 2.24) is 14.5 Å². The van der Waals surface area contributed by atoms with Crippen molar-refractivity contribution in [2.75, 3.05) is 63.6 Å². The zero-order valence-electron chi connectivity index (χ0n) is 20.6. The second kappa shape index (κ2) is 11.9. The summed E-state index contributed by atoms with van der Waals surface area (Å²) >= 11 is 0. The van der Waals surface area contributed by atoms with E-state index in [-0.39, 0.29) is 37.1 Å². The van der Waals surface area contributed by atoms with Gasteiger partial charge in [0.05, 0.1) is 18.8 Å². The molecule has 2 saturated heterocycles. The van der Waals surface area contributed by atoms with Crippen molar-refractivity contribution < 1.29 is 22.7 Å². The Morgan fingerprint density at radius 2 is 1.72 bits per heavy atom. The number of methoxy groups -OCH3 is 1. The first-order valence-electron chi connectivity index (χ1n) is 12.3. The molecule has 194 valence electrons. The molecule has 4 rings (SSSR count). The number of carbonyl (C=O) groups excluding carboxylic acids is 2. The molecule has 0 bridgehead atoms. The average molecular weight is 515 g/mol. The summed E-state index contributed by atoms with van der Waals surface area (Å²) in [4.78, 5) is 28.9. The molecule has 0 spiro atoms. The summed E-state index contributed by atoms with van der Waals surface area (Å²) in [6, 6.07) is 17.4. The van der Waals surface area contributed by atoms with Gasteiger partial charge in [0.25, 0.3) is 0 Å². The average Bonchev–Trinajstić information content (AvgIpc) is 3.30. The van der Waals surface area contributed by atoms with Gasteiger partial charge in [-0.1, -0.05) is 30.3 Å². The SMILES string of the molecule is COc1ccc(N2CC(C(=O)NCCS(=O)(=O)N3CCN(CCc4ccccc4)CC3)CC2=O)cc1. The third-order valence-electron chi connectivity index (χ3n) is 6.82. The summed E-state index contributed by atoms with van der Waals surface area (Å²) in [5.74, 6) is -0.380. The van der Waals surface area contributed by atoms with Crippen LogP contribution in [0.5, 0.6) is 5.75 Å². The maximum atomic E-state index is 12.8. The van der Waals surface area contributed by atoms with Crippen LogP contribution in [0, 0.1) is 5.92 Å². The highest BCUT2D eigenvalue weighted by Gasteiger charge is 2.35. The van der Waals surface area contributed by atoms with Gasteiger partial charge in [-0.3, -0.25) is 9.59 Å². The Balaban J connectivity index is 1.18. The number of hydrogen-bond donors (Lipinski definition) is 1. The molecule has 2 aromatic carbocycles. The van der Waals surface area contributed by atoms with Gasteiger partial charge in [-0.15, -0.1) is 0 Å². The fraction of sp³-hybridized carbons (Fsp3) is 0.462. The number of rotatable bonds is 10. The Morgan fingerprint density at radius 3 is 2.39 bits per heavy atom. The number of piperazine rings is 1. The molecule has 2 heterocycles. The van der Waals surface area contributed by atoms with E-state index in [1.807, 2.05) is 18.2 Å². The molecular weight excluding hydrogens is 480 g/mol. The normalized spacial score (nSPS) is 19.4. The monoisotopic (exact) mass is 514 g/mol. The maximum Gasteiger partial charge on any atom is 0.227 e. The summed E-state index contributed by atoms with van der Waals surface area (Å²) in [5, 5.41) is 2.72. The van der Waals surface area contributed by atoms with Gasteiger partial charge in [0, 0.05) is 57.9 Å². The molecule has 2 aliphatic heterocycles. The van der Waals surface area contributed by atoms with Gasteiger partial charge < -0.3 is 19.9 Å². The van der Waals surface area contributed by atoms with Gasteiger partial charge in [0.2, 0.25) is 21.8 Å². The fourth-order valence-electron chi connectivity index (χ4n) is 4.63. The van der Waals surface area contributed by atoms with Gasteiger partial charge in [0.15, 0.2) is 0 Å². The Kier molecular flexibility index (Phi) is 8.60. The Bertz CT molecular complexity index is 1130. The minimum absolute atomic E-state index is 0.0304. The molecule has 36 heavy (non-hydrogen) atoms. The van der Waals surface area contributed by atoms with Gasteiger partial charge in [-0.05, 0) is 36.2 Å². The van der Waals surface area contributed by atoms with E-state index >= 15 is 0 Å². The standard InChI is InChI=1S/C26H34N4O5S/c1-35-24-9-7-23(8-10-24)30-20-22(19-25(30)31)26(32)27-12-18-36(33,34)29-16-14-28(15-17-29)13-11-21-5-3-2-4-6-21/h2-10,22H,11-20H2,1H3,(H,27,32). The van der Waals surface area contributed by atoms with Crippen LogP contribution in [-0.2, 0) is 26.0 Å². The zero-order chi connectivity index (χ0) is 25.5. The van der Waals surface area contributed by atoms with E-state index in [2.05, 4.69) is 22.3 Å². The molecule has 0 aliphatic carbocycles. The molecule has 1 unspecified atom stereocenters. The van der Waals surface area contributed by atoms with E-state index in [1.54, 1.807) is 36.3 Å². The lowest BCUT2D eigenvalue weighted by Crippen LogP contribution is -2.50. The first-order valence-corrected chi connectivity index (χ1v) is 13.9. The maximum absolute atomic E-state index is 12.8. The van der Waals surface area contributed by atoms with E-state index in [9.17, 15) is 18.0 Å². The predicted octanol–water partition coefficient (Wildman–Crippen LogP) is 1.35. The van der Waals surface area contributed by atoms with Crippen LogP contribution in [0.2, 0.25) is 0 Å². The summed E-state index contributed by atoms with van der Waals surface area (Å²) in [6.45, 7) is 3.52. The molecular formula is C26H34N4O5S. The number of nitrogens with zero attached hydrogens (tertiary/aromatic N) is 3. The molecule has 1 N–H and O–H groups in total. The summed E-state index contributed by atoms with van der Waals surface area (Å²) in [5.41, 5.74) is 1.99. The van der Waals surface area contributed by atoms with E-state index in [0.717, 1.165) is 13.0 Å². The summed E-state index contributed by atoms with van der Waals surface area (Å²) in [6.07, 6.45) is 1.05. The quantitative estimate of drug-likeness (QED) is 0.514. The Morgan fingerprint density at radius 1 is 1.03 bits per heavy atom. The first kappa shape index (κ1) is 26.1. The van der Waals surface area contributed by atoms with Crippen LogP contribution in [0.3, 0.4) is 0 Å². The lowest BCUT2D eigenvalue weighted by Gasteiger charge is -2.34. The number of ether oxygens (including phenoxy) is 1. The molecule has 10 heteroatoms. The molecule has 1 atom stereocenters. The van der Waals surface area contributed by atoms with Gasteiger partial charge in [0.1, 0.15) is 5.75 Å². The van der Waals surface area contributed by atoms with Crippen molar-refractivity contribution in [1.29, 1.82) is 0 Å². The second-order valence-corrected chi connectivity index (χ2v) is 11.3. The van der Waals surface area contributed by atoms with Crippen molar-refractivity contribution in [3.63, 3.8) is 0 Å². The van der Waals surface area contributed by atoms with E-state index in [4.69, 9.17) is 4.74 Å². The Labute approximate surface area is 213 Å². The van der Waals surface area contributed by atoms with Crippen molar-refractivity contribution in [2.45, 2.75) is 12.8 Å². The topological polar surface area (TPSA) is 99.3 Å². The smallest absolute Gasteiger partial charge is 0.227 e.